The zero-order valence-corrected chi connectivity index (χ0v) is 16.0. The van der Waals surface area contributed by atoms with Gasteiger partial charge in [-0.1, -0.05) is 42.0 Å². The summed E-state index contributed by atoms with van der Waals surface area (Å²) >= 11 is 0. The Hall–Kier alpha value is -3.08. The number of fused-ring (bicyclic) bond motifs is 1. The lowest BCUT2D eigenvalue weighted by atomic mass is 9.95. The van der Waals surface area contributed by atoms with Crippen molar-refractivity contribution in [3.63, 3.8) is 0 Å². The monoisotopic (exact) mass is 361 g/mol. The predicted octanol–water partition coefficient (Wildman–Crippen LogP) is 4.35. The number of H-pyrrole nitrogens is 1. The first kappa shape index (κ1) is 17.3. The molecule has 4 rings (SSSR count). The smallest absolute Gasteiger partial charge is 0.273 e. The summed E-state index contributed by atoms with van der Waals surface area (Å²) in [6, 6.07) is 16.0. The molecule has 5 nitrogen and oxygen atoms in total. The van der Waals surface area contributed by atoms with Crippen LogP contribution in [-0.4, -0.2) is 34.2 Å². The summed E-state index contributed by atoms with van der Waals surface area (Å²) < 4.78 is 5.29. The third kappa shape index (κ3) is 2.79. The average Bonchev–Trinajstić information content (AvgIpc) is 3.22. The number of nitrogens with one attached hydrogen (secondary N) is 1. The van der Waals surface area contributed by atoms with Crippen LogP contribution in [0, 0.1) is 6.92 Å². The van der Waals surface area contributed by atoms with Gasteiger partial charge in [-0.05, 0) is 38.5 Å². The molecule has 2 aromatic carbocycles. The van der Waals surface area contributed by atoms with E-state index in [4.69, 9.17) is 4.74 Å². The average molecular weight is 361 g/mol. The predicted molar refractivity (Wildman–Crippen MR) is 105 cm³/mol. The van der Waals surface area contributed by atoms with E-state index in [9.17, 15) is 4.79 Å². The molecule has 1 unspecified atom stereocenters. The van der Waals surface area contributed by atoms with Crippen molar-refractivity contribution >= 4 is 5.91 Å². The molecule has 0 radical (unpaired) electrons. The lowest BCUT2D eigenvalue weighted by Gasteiger charge is -2.30. The third-order valence-electron chi connectivity index (χ3n) is 5.12. The van der Waals surface area contributed by atoms with Crippen LogP contribution in [0.1, 0.15) is 47.1 Å². The summed E-state index contributed by atoms with van der Waals surface area (Å²) in [4.78, 5) is 15.0. The number of hydrogen-bond donors (Lipinski definition) is 1. The topological polar surface area (TPSA) is 58.2 Å². The number of amides is 1. The fraction of sp³-hybridized carbons (Fsp3) is 0.273. The summed E-state index contributed by atoms with van der Waals surface area (Å²) in [6.07, 6.45) is 0. The number of aromatic amines is 1. The van der Waals surface area contributed by atoms with Gasteiger partial charge in [-0.2, -0.15) is 5.10 Å². The van der Waals surface area contributed by atoms with Crippen molar-refractivity contribution in [3.8, 4) is 17.0 Å². The molecule has 0 aliphatic carbocycles. The second kappa shape index (κ2) is 6.58. The quantitative estimate of drug-likeness (QED) is 0.752. The molecule has 1 N–H and O–H groups in total. The summed E-state index contributed by atoms with van der Waals surface area (Å²) in [5.74, 6) is 0.789. The molecule has 1 aliphatic heterocycles. The number of ether oxygens (including phenoxy) is 1. The van der Waals surface area contributed by atoms with Crippen molar-refractivity contribution in [1.82, 2.24) is 15.1 Å². The van der Waals surface area contributed by atoms with Crippen molar-refractivity contribution in [2.75, 3.05) is 7.11 Å². The van der Waals surface area contributed by atoms with Crippen molar-refractivity contribution in [2.45, 2.75) is 32.9 Å². The molecular formula is C22H23N3O2. The standard InChI is InChI=1S/C22H23N3O2/c1-13(2)25-21(16-9-11-17(27-4)12-10-16)18-19(23-24-20(18)22(25)26)15-7-5-14(3)6-8-15/h5-13,21H,1-4H3,(H,23,24). The second-order valence-corrected chi connectivity index (χ2v) is 7.21. The molecule has 0 spiro atoms. The van der Waals surface area contributed by atoms with Crippen molar-refractivity contribution in [1.29, 1.82) is 0 Å². The number of rotatable bonds is 4. The van der Waals surface area contributed by atoms with Gasteiger partial charge in [0, 0.05) is 17.2 Å². The summed E-state index contributed by atoms with van der Waals surface area (Å²) in [5.41, 5.74) is 5.61. The maximum absolute atomic E-state index is 13.1. The van der Waals surface area contributed by atoms with E-state index in [1.54, 1.807) is 7.11 Å². The Bertz CT molecular complexity index is 972. The number of nitrogens with zero attached hydrogens (tertiary/aromatic N) is 2. The molecule has 1 amide bonds. The number of carbonyl (C=O) groups excluding carboxylic acids is 1. The van der Waals surface area contributed by atoms with Crippen LogP contribution in [0.15, 0.2) is 48.5 Å². The molecule has 0 saturated carbocycles. The highest BCUT2D eigenvalue weighted by Crippen LogP contribution is 2.43. The highest BCUT2D eigenvalue weighted by Gasteiger charge is 2.43. The van der Waals surface area contributed by atoms with Crippen LogP contribution < -0.4 is 4.74 Å². The molecule has 138 valence electrons. The lowest BCUT2D eigenvalue weighted by molar-refractivity contribution is 0.0688. The number of aromatic nitrogens is 2. The van der Waals surface area contributed by atoms with E-state index in [0.29, 0.717) is 5.69 Å². The number of methoxy groups -OCH3 is 1. The Kier molecular flexibility index (Phi) is 4.22. The first-order valence-corrected chi connectivity index (χ1v) is 9.13. The molecule has 0 fully saturated rings. The fourth-order valence-corrected chi connectivity index (χ4v) is 3.74. The minimum absolute atomic E-state index is 0.00770. The molecule has 0 saturated heterocycles. The van der Waals surface area contributed by atoms with E-state index < -0.39 is 0 Å². The van der Waals surface area contributed by atoms with Gasteiger partial charge in [-0.3, -0.25) is 9.89 Å². The first-order chi connectivity index (χ1) is 13.0. The van der Waals surface area contributed by atoms with Crippen molar-refractivity contribution in [3.05, 3.63) is 70.9 Å². The Morgan fingerprint density at radius 1 is 1.07 bits per heavy atom. The molecule has 1 atom stereocenters. The zero-order valence-electron chi connectivity index (χ0n) is 16.0. The number of hydrogen-bond acceptors (Lipinski definition) is 3. The highest BCUT2D eigenvalue weighted by atomic mass is 16.5. The first-order valence-electron chi connectivity index (χ1n) is 9.13. The van der Waals surface area contributed by atoms with Gasteiger partial charge in [0.25, 0.3) is 5.91 Å². The van der Waals surface area contributed by atoms with Crippen LogP contribution in [-0.2, 0) is 0 Å². The summed E-state index contributed by atoms with van der Waals surface area (Å²) in [7, 11) is 1.65. The minimum atomic E-state index is -0.173. The van der Waals surface area contributed by atoms with E-state index in [1.807, 2.05) is 43.0 Å². The second-order valence-electron chi connectivity index (χ2n) is 7.21. The van der Waals surface area contributed by atoms with Crippen LogP contribution in [0.4, 0.5) is 0 Å². The molecule has 3 aromatic rings. The van der Waals surface area contributed by atoms with E-state index in [1.165, 1.54) is 5.56 Å². The molecule has 2 heterocycles. The van der Waals surface area contributed by atoms with E-state index in [-0.39, 0.29) is 18.0 Å². The zero-order chi connectivity index (χ0) is 19.1. The normalized spacial score (nSPS) is 16.1. The lowest BCUT2D eigenvalue weighted by Crippen LogP contribution is -2.35. The van der Waals surface area contributed by atoms with Gasteiger partial charge in [-0.15, -0.1) is 0 Å². The Labute approximate surface area is 159 Å². The SMILES string of the molecule is COc1ccc(C2c3c(-c4ccc(C)cc4)n[nH]c3C(=O)N2C(C)C)cc1. The van der Waals surface area contributed by atoms with Crippen molar-refractivity contribution < 1.29 is 9.53 Å². The Balaban J connectivity index is 1.88. The third-order valence-corrected chi connectivity index (χ3v) is 5.12. The number of aryl methyl sites for hydroxylation is 1. The molecule has 1 aliphatic rings. The number of benzene rings is 2. The van der Waals surface area contributed by atoms with E-state index in [0.717, 1.165) is 28.1 Å². The largest absolute Gasteiger partial charge is 0.497 e. The number of carbonyl (C=O) groups is 1. The van der Waals surface area contributed by atoms with Crippen LogP contribution >= 0.6 is 0 Å². The van der Waals surface area contributed by atoms with Gasteiger partial charge in [0.2, 0.25) is 0 Å². The highest BCUT2D eigenvalue weighted by molar-refractivity contribution is 6.00. The van der Waals surface area contributed by atoms with Crippen LogP contribution in [0.3, 0.4) is 0 Å². The van der Waals surface area contributed by atoms with Crippen LogP contribution in [0.5, 0.6) is 5.75 Å². The van der Waals surface area contributed by atoms with Gasteiger partial charge < -0.3 is 9.64 Å². The fourth-order valence-electron chi connectivity index (χ4n) is 3.74. The van der Waals surface area contributed by atoms with Gasteiger partial charge in [0.15, 0.2) is 0 Å². The summed E-state index contributed by atoms with van der Waals surface area (Å²) in [5, 5.41) is 7.48. The summed E-state index contributed by atoms with van der Waals surface area (Å²) in [6.45, 7) is 6.14. The van der Waals surface area contributed by atoms with Crippen molar-refractivity contribution in [2.24, 2.45) is 0 Å². The molecule has 1 aromatic heterocycles. The minimum Gasteiger partial charge on any atom is -0.497 e. The Morgan fingerprint density at radius 3 is 2.33 bits per heavy atom. The van der Waals surface area contributed by atoms with Gasteiger partial charge >= 0.3 is 0 Å². The molecule has 5 heteroatoms. The van der Waals surface area contributed by atoms with Crippen LogP contribution in [0.25, 0.3) is 11.3 Å². The van der Waals surface area contributed by atoms with E-state index >= 15 is 0 Å². The van der Waals surface area contributed by atoms with Crippen LogP contribution in [0.2, 0.25) is 0 Å². The maximum Gasteiger partial charge on any atom is 0.273 e. The van der Waals surface area contributed by atoms with E-state index in [2.05, 4.69) is 41.4 Å². The molecular weight excluding hydrogens is 338 g/mol. The van der Waals surface area contributed by atoms with Gasteiger partial charge in [0.1, 0.15) is 11.4 Å². The Morgan fingerprint density at radius 2 is 1.74 bits per heavy atom. The molecule has 0 bridgehead atoms. The maximum atomic E-state index is 13.1. The molecule has 27 heavy (non-hydrogen) atoms. The van der Waals surface area contributed by atoms with Gasteiger partial charge in [0.05, 0.1) is 18.8 Å². The van der Waals surface area contributed by atoms with Gasteiger partial charge in [-0.25, -0.2) is 0 Å².